The van der Waals surface area contributed by atoms with Crippen molar-refractivity contribution in [2.24, 2.45) is 0 Å². The Hall–Kier alpha value is -1.55. The van der Waals surface area contributed by atoms with Crippen LogP contribution in [0.2, 0.25) is 0 Å². The van der Waals surface area contributed by atoms with Crippen molar-refractivity contribution in [1.29, 1.82) is 0 Å². The molecule has 4 heteroatoms. The lowest BCUT2D eigenvalue weighted by Crippen LogP contribution is -2.43. The molecular weight excluding hydrogens is 228 g/mol. The molecule has 0 aromatic heterocycles. The maximum absolute atomic E-state index is 12.3. The van der Waals surface area contributed by atoms with E-state index in [-0.39, 0.29) is 17.9 Å². The van der Waals surface area contributed by atoms with Crippen molar-refractivity contribution < 1.29 is 9.90 Å². The number of β-amino-alcohol motifs (C(OH)–C–C–N with tert-alkyl or cyclic N) is 1. The normalized spacial score (nSPS) is 21.7. The van der Waals surface area contributed by atoms with Crippen LogP contribution in [0.5, 0.6) is 0 Å². The first kappa shape index (κ1) is 12.9. The van der Waals surface area contributed by atoms with Crippen molar-refractivity contribution in [1.82, 2.24) is 4.90 Å². The van der Waals surface area contributed by atoms with E-state index in [0.717, 1.165) is 24.9 Å². The zero-order valence-electron chi connectivity index (χ0n) is 10.7. The van der Waals surface area contributed by atoms with Crippen molar-refractivity contribution >= 4 is 11.6 Å². The number of likely N-dealkylation sites (tertiary alicyclic amines) is 1. The number of carbonyl (C=O) groups is 1. The van der Waals surface area contributed by atoms with E-state index in [2.05, 4.69) is 0 Å². The van der Waals surface area contributed by atoms with Crippen LogP contribution in [0.1, 0.15) is 31.2 Å². The van der Waals surface area contributed by atoms with Gasteiger partial charge in [-0.3, -0.25) is 4.79 Å². The molecule has 0 bridgehead atoms. The summed E-state index contributed by atoms with van der Waals surface area (Å²) >= 11 is 0. The number of aliphatic hydroxyl groups excluding tert-OH is 1. The number of carbonyl (C=O) groups excluding carboxylic acids is 1. The van der Waals surface area contributed by atoms with Crippen molar-refractivity contribution in [3.63, 3.8) is 0 Å². The number of anilines is 1. The number of nitrogens with two attached hydrogens (primary N) is 1. The zero-order valence-corrected chi connectivity index (χ0v) is 10.7. The number of piperidine rings is 1. The van der Waals surface area contributed by atoms with Crippen molar-refractivity contribution in [3.8, 4) is 0 Å². The van der Waals surface area contributed by atoms with E-state index < -0.39 is 0 Å². The molecule has 1 aliphatic rings. The van der Waals surface area contributed by atoms with Gasteiger partial charge in [0, 0.05) is 18.8 Å². The van der Waals surface area contributed by atoms with E-state index >= 15 is 0 Å². The third-order valence-corrected chi connectivity index (χ3v) is 3.49. The number of hydrogen-bond acceptors (Lipinski definition) is 3. The topological polar surface area (TPSA) is 66.6 Å². The van der Waals surface area contributed by atoms with E-state index in [9.17, 15) is 9.90 Å². The lowest BCUT2D eigenvalue weighted by Gasteiger charge is -2.32. The molecule has 1 heterocycles. The third kappa shape index (κ3) is 2.82. The average Bonchev–Trinajstić information content (AvgIpc) is 2.37. The molecule has 4 nitrogen and oxygen atoms in total. The Balaban J connectivity index is 2.08. The number of nitrogen functional groups attached to an aromatic ring is 1. The van der Waals surface area contributed by atoms with Gasteiger partial charge in [-0.25, -0.2) is 0 Å². The highest BCUT2D eigenvalue weighted by molar-refractivity contribution is 5.83. The monoisotopic (exact) mass is 248 g/mol. The largest absolute Gasteiger partial charge is 0.399 e. The second kappa shape index (κ2) is 5.40. The molecule has 1 amide bonds. The first-order chi connectivity index (χ1) is 8.58. The van der Waals surface area contributed by atoms with Crippen LogP contribution in [0.15, 0.2) is 24.3 Å². The quantitative estimate of drug-likeness (QED) is 0.776. The summed E-state index contributed by atoms with van der Waals surface area (Å²) in [7, 11) is 0. The van der Waals surface area contributed by atoms with Gasteiger partial charge >= 0.3 is 0 Å². The van der Waals surface area contributed by atoms with E-state index in [1.165, 1.54) is 0 Å². The van der Waals surface area contributed by atoms with Crippen LogP contribution in [0.3, 0.4) is 0 Å². The number of amides is 1. The molecule has 2 rings (SSSR count). The summed E-state index contributed by atoms with van der Waals surface area (Å²) in [5.74, 6) is -0.141. The van der Waals surface area contributed by atoms with Crippen LogP contribution in [0.25, 0.3) is 0 Å². The zero-order chi connectivity index (χ0) is 13.1. The summed E-state index contributed by atoms with van der Waals surface area (Å²) in [6.07, 6.45) is 1.28. The molecule has 1 aromatic rings. The maximum Gasteiger partial charge on any atom is 0.229 e. The second-order valence-electron chi connectivity index (χ2n) is 4.97. The fourth-order valence-corrected chi connectivity index (χ4v) is 2.40. The number of nitrogens with zero attached hydrogens (tertiary/aromatic N) is 1. The van der Waals surface area contributed by atoms with Crippen LogP contribution >= 0.6 is 0 Å². The average molecular weight is 248 g/mol. The van der Waals surface area contributed by atoms with E-state index in [4.69, 9.17) is 5.73 Å². The number of benzene rings is 1. The molecule has 2 atom stereocenters. The molecule has 0 spiro atoms. The second-order valence-corrected chi connectivity index (χ2v) is 4.97. The van der Waals surface area contributed by atoms with Crippen LogP contribution in [0.4, 0.5) is 5.69 Å². The summed E-state index contributed by atoms with van der Waals surface area (Å²) < 4.78 is 0. The molecule has 1 unspecified atom stereocenters. The molecule has 98 valence electrons. The molecular formula is C14H20N2O2. The van der Waals surface area contributed by atoms with E-state index in [0.29, 0.717) is 12.2 Å². The van der Waals surface area contributed by atoms with Gasteiger partial charge in [0.1, 0.15) is 0 Å². The molecule has 3 N–H and O–H groups in total. The number of aliphatic hydroxyl groups is 1. The van der Waals surface area contributed by atoms with E-state index in [1.54, 1.807) is 4.90 Å². The summed E-state index contributed by atoms with van der Waals surface area (Å²) in [5, 5.41) is 9.61. The highest BCUT2D eigenvalue weighted by Crippen LogP contribution is 2.22. The Morgan fingerprint density at radius 3 is 3.00 bits per heavy atom. The van der Waals surface area contributed by atoms with Crippen LogP contribution in [-0.2, 0) is 4.79 Å². The molecule has 1 aromatic carbocycles. The summed E-state index contributed by atoms with van der Waals surface area (Å²) in [6, 6.07) is 7.42. The van der Waals surface area contributed by atoms with Crippen molar-refractivity contribution in [3.05, 3.63) is 29.8 Å². The van der Waals surface area contributed by atoms with Crippen LogP contribution in [-0.4, -0.2) is 35.1 Å². The summed E-state index contributed by atoms with van der Waals surface area (Å²) in [5.41, 5.74) is 7.33. The van der Waals surface area contributed by atoms with Crippen molar-refractivity contribution in [2.45, 2.75) is 31.8 Å². The van der Waals surface area contributed by atoms with Gasteiger partial charge in [0.15, 0.2) is 0 Å². The van der Waals surface area contributed by atoms with Gasteiger partial charge < -0.3 is 15.7 Å². The Bertz CT molecular complexity index is 434. The smallest absolute Gasteiger partial charge is 0.229 e. The molecule has 1 aliphatic heterocycles. The molecule has 0 saturated carbocycles. The Labute approximate surface area is 107 Å². The number of hydrogen-bond donors (Lipinski definition) is 2. The molecule has 0 radical (unpaired) electrons. The molecule has 0 aliphatic carbocycles. The van der Waals surface area contributed by atoms with Crippen LogP contribution in [0, 0.1) is 0 Å². The first-order valence-corrected chi connectivity index (χ1v) is 6.40. The molecule has 1 fully saturated rings. The lowest BCUT2D eigenvalue weighted by molar-refractivity contribution is -0.135. The maximum atomic E-state index is 12.3. The predicted molar refractivity (Wildman–Crippen MR) is 71.1 cm³/mol. The summed E-state index contributed by atoms with van der Waals surface area (Å²) in [4.78, 5) is 14.1. The SMILES string of the molecule is CC(C(=O)N1CCC[C@H](O)C1)c1cccc(N)c1. The summed E-state index contributed by atoms with van der Waals surface area (Å²) in [6.45, 7) is 3.08. The standard InChI is InChI=1S/C14H20N2O2/c1-10(11-4-2-5-12(15)8-11)14(18)16-7-3-6-13(17)9-16/h2,4-5,8,10,13,17H,3,6-7,9,15H2,1H3/t10?,13-/m0/s1. The van der Waals surface area contributed by atoms with Gasteiger partial charge in [-0.05, 0) is 37.5 Å². The lowest BCUT2D eigenvalue weighted by atomic mass is 9.97. The van der Waals surface area contributed by atoms with Gasteiger partial charge in [-0.1, -0.05) is 12.1 Å². The molecule has 18 heavy (non-hydrogen) atoms. The minimum atomic E-state index is -0.379. The minimum absolute atomic E-state index is 0.0688. The van der Waals surface area contributed by atoms with Crippen molar-refractivity contribution in [2.75, 3.05) is 18.8 Å². The van der Waals surface area contributed by atoms with Gasteiger partial charge in [-0.15, -0.1) is 0 Å². The Morgan fingerprint density at radius 2 is 2.33 bits per heavy atom. The highest BCUT2D eigenvalue weighted by Gasteiger charge is 2.26. The highest BCUT2D eigenvalue weighted by atomic mass is 16.3. The van der Waals surface area contributed by atoms with Gasteiger partial charge in [0.25, 0.3) is 0 Å². The van der Waals surface area contributed by atoms with Crippen LogP contribution < -0.4 is 5.73 Å². The minimum Gasteiger partial charge on any atom is -0.399 e. The first-order valence-electron chi connectivity index (χ1n) is 6.40. The third-order valence-electron chi connectivity index (χ3n) is 3.49. The van der Waals surface area contributed by atoms with Gasteiger partial charge in [0.05, 0.1) is 12.0 Å². The van der Waals surface area contributed by atoms with E-state index in [1.807, 2.05) is 31.2 Å². The fourth-order valence-electron chi connectivity index (χ4n) is 2.40. The van der Waals surface area contributed by atoms with Gasteiger partial charge in [-0.2, -0.15) is 0 Å². The Kier molecular flexibility index (Phi) is 3.87. The number of rotatable bonds is 2. The fraction of sp³-hybridized carbons (Fsp3) is 0.500. The molecule has 1 saturated heterocycles. The Morgan fingerprint density at radius 1 is 1.56 bits per heavy atom. The van der Waals surface area contributed by atoms with Gasteiger partial charge in [0.2, 0.25) is 5.91 Å². The predicted octanol–water partition coefficient (Wildman–Crippen LogP) is 1.36.